The third-order valence-electron chi connectivity index (χ3n) is 3.97. The molecule has 1 aliphatic heterocycles. The first-order valence-electron chi connectivity index (χ1n) is 7.57. The summed E-state index contributed by atoms with van der Waals surface area (Å²) in [5.74, 6) is -2.38. The van der Waals surface area contributed by atoms with Gasteiger partial charge in [-0.15, -0.1) is 0 Å². The molecule has 0 radical (unpaired) electrons. The van der Waals surface area contributed by atoms with Crippen molar-refractivity contribution in [3.8, 4) is 0 Å². The molecule has 0 unspecified atom stereocenters. The van der Waals surface area contributed by atoms with Crippen LogP contribution in [0.3, 0.4) is 0 Å². The summed E-state index contributed by atoms with van der Waals surface area (Å²) >= 11 is 0. The van der Waals surface area contributed by atoms with Gasteiger partial charge in [-0.3, -0.25) is 9.59 Å². The summed E-state index contributed by atoms with van der Waals surface area (Å²) in [5.41, 5.74) is 3.50. The van der Waals surface area contributed by atoms with Crippen molar-refractivity contribution in [1.82, 2.24) is 10.7 Å². The number of hydrogen-bond acceptors (Lipinski definition) is 3. The van der Waals surface area contributed by atoms with Crippen LogP contribution in [0.4, 0.5) is 4.39 Å². The number of rotatable bonds is 4. The maximum Gasteiger partial charge on any atom is 0.253 e. The second-order valence-corrected chi connectivity index (χ2v) is 5.50. The minimum atomic E-state index is -0.856. The Morgan fingerprint density at radius 2 is 1.88 bits per heavy atom. The summed E-state index contributed by atoms with van der Waals surface area (Å²) in [6.45, 7) is 0.401. The molecule has 5 nitrogen and oxygen atoms in total. The number of carbonyl (C=O) groups excluding carboxylic acids is 2. The molecule has 2 aromatic carbocycles. The van der Waals surface area contributed by atoms with Crippen molar-refractivity contribution in [1.29, 1.82) is 0 Å². The van der Waals surface area contributed by atoms with Gasteiger partial charge in [0, 0.05) is 18.0 Å². The van der Waals surface area contributed by atoms with Gasteiger partial charge in [-0.05, 0) is 11.6 Å². The third kappa shape index (κ3) is 3.32. The molecule has 1 heterocycles. The molecule has 2 atom stereocenters. The van der Waals surface area contributed by atoms with Crippen molar-refractivity contribution in [2.45, 2.75) is 5.92 Å². The fourth-order valence-electron chi connectivity index (χ4n) is 2.75. The van der Waals surface area contributed by atoms with Gasteiger partial charge in [0.05, 0.1) is 6.21 Å². The standard InChI is InChI=1S/C18H16FN3O2/c19-15-9-5-4-8-13(15)10-21-22-18(24)16-14(11-20-17(16)23)12-6-2-1-3-7-12/h1-10,14,16H,11H2,(H,20,23)(H,22,24)/t14-,16-/m0/s1. The van der Waals surface area contributed by atoms with Crippen molar-refractivity contribution in [3.63, 3.8) is 0 Å². The van der Waals surface area contributed by atoms with Gasteiger partial charge in [-0.2, -0.15) is 5.10 Å². The molecule has 2 N–H and O–H groups in total. The Balaban J connectivity index is 1.71. The Labute approximate surface area is 138 Å². The minimum Gasteiger partial charge on any atom is -0.355 e. The average molecular weight is 325 g/mol. The lowest BCUT2D eigenvalue weighted by Crippen LogP contribution is -2.34. The van der Waals surface area contributed by atoms with Gasteiger partial charge < -0.3 is 5.32 Å². The summed E-state index contributed by atoms with van der Waals surface area (Å²) in [7, 11) is 0. The zero-order valence-electron chi connectivity index (χ0n) is 12.8. The van der Waals surface area contributed by atoms with Gasteiger partial charge in [-0.25, -0.2) is 9.82 Å². The highest BCUT2D eigenvalue weighted by Crippen LogP contribution is 2.28. The van der Waals surface area contributed by atoms with Crippen molar-refractivity contribution in [2.24, 2.45) is 11.0 Å². The lowest BCUT2D eigenvalue weighted by atomic mass is 9.88. The zero-order chi connectivity index (χ0) is 16.9. The largest absolute Gasteiger partial charge is 0.355 e. The molecule has 0 aromatic heterocycles. The van der Waals surface area contributed by atoms with Crippen LogP contribution in [0, 0.1) is 11.7 Å². The summed E-state index contributed by atoms with van der Waals surface area (Å²) < 4.78 is 13.5. The SMILES string of the molecule is O=C1NC[C@@H](c2ccccc2)[C@@H]1C(=O)NN=Cc1ccccc1F. The highest BCUT2D eigenvalue weighted by Gasteiger charge is 2.40. The molecule has 0 aliphatic carbocycles. The summed E-state index contributed by atoms with van der Waals surface area (Å²) in [5, 5.41) is 6.47. The zero-order valence-corrected chi connectivity index (χ0v) is 12.8. The number of nitrogens with one attached hydrogen (secondary N) is 2. The highest BCUT2D eigenvalue weighted by atomic mass is 19.1. The minimum absolute atomic E-state index is 0.248. The van der Waals surface area contributed by atoms with Crippen LogP contribution < -0.4 is 10.7 Å². The molecular weight excluding hydrogens is 309 g/mol. The van der Waals surface area contributed by atoms with Crippen molar-refractivity contribution >= 4 is 18.0 Å². The van der Waals surface area contributed by atoms with Crippen LogP contribution in [0.25, 0.3) is 0 Å². The fourth-order valence-corrected chi connectivity index (χ4v) is 2.75. The second kappa shape index (κ2) is 7.04. The van der Waals surface area contributed by atoms with Crippen molar-refractivity contribution in [3.05, 3.63) is 71.5 Å². The Morgan fingerprint density at radius 3 is 2.62 bits per heavy atom. The van der Waals surface area contributed by atoms with Gasteiger partial charge in [0.1, 0.15) is 11.7 Å². The molecule has 24 heavy (non-hydrogen) atoms. The third-order valence-corrected chi connectivity index (χ3v) is 3.97. The maximum absolute atomic E-state index is 13.5. The Morgan fingerprint density at radius 1 is 1.17 bits per heavy atom. The van der Waals surface area contributed by atoms with Crippen LogP contribution in [0.15, 0.2) is 59.7 Å². The van der Waals surface area contributed by atoms with E-state index in [1.807, 2.05) is 30.3 Å². The molecule has 6 heteroatoms. The monoisotopic (exact) mass is 325 g/mol. The highest BCUT2D eigenvalue weighted by molar-refractivity contribution is 6.03. The summed E-state index contributed by atoms with van der Waals surface area (Å²) in [6, 6.07) is 15.5. The molecule has 2 aromatic rings. The molecule has 1 fully saturated rings. The Bertz CT molecular complexity index is 777. The molecular formula is C18H16FN3O2. The van der Waals surface area contributed by atoms with Crippen molar-refractivity contribution in [2.75, 3.05) is 6.54 Å². The molecule has 122 valence electrons. The van der Waals surface area contributed by atoms with E-state index in [4.69, 9.17) is 0 Å². The average Bonchev–Trinajstić information content (AvgIpc) is 2.99. The van der Waals surface area contributed by atoms with Crippen LogP contribution in [0.5, 0.6) is 0 Å². The van der Waals surface area contributed by atoms with Crippen LogP contribution in [-0.2, 0) is 9.59 Å². The van der Waals surface area contributed by atoms with Crippen LogP contribution in [0.2, 0.25) is 0 Å². The topological polar surface area (TPSA) is 70.6 Å². The van der Waals surface area contributed by atoms with E-state index in [1.54, 1.807) is 18.2 Å². The van der Waals surface area contributed by atoms with E-state index in [2.05, 4.69) is 15.8 Å². The Kier molecular flexibility index (Phi) is 4.65. The molecule has 2 amide bonds. The lowest BCUT2D eigenvalue weighted by molar-refractivity contribution is -0.133. The quantitative estimate of drug-likeness (QED) is 0.511. The smallest absolute Gasteiger partial charge is 0.253 e. The van der Waals surface area contributed by atoms with Gasteiger partial charge >= 0.3 is 0 Å². The summed E-state index contributed by atoms with van der Waals surface area (Å²) in [6.07, 6.45) is 1.22. The van der Waals surface area contributed by atoms with E-state index < -0.39 is 17.6 Å². The normalized spacial score (nSPS) is 20.1. The first-order valence-corrected chi connectivity index (χ1v) is 7.57. The number of carbonyl (C=O) groups is 2. The molecule has 0 saturated carbocycles. The number of nitrogens with zero attached hydrogens (tertiary/aromatic N) is 1. The lowest BCUT2D eigenvalue weighted by Gasteiger charge is -2.15. The number of amides is 2. The van der Waals surface area contributed by atoms with Crippen molar-refractivity contribution < 1.29 is 14.0 Å². The van der Waals surface area contributed by atoms with E-state index >= 15 is 0 Å². The summed E-state index contributed by atoms with van der Waals surface area (Å²) in [4.78, 5) is 24.3. The van der Waals surface area contributed by atoms with Gasteiger partial charge in [0.25, 0.3) is 5.91 Å². The first kappa shape index (κ1) is 15.9. The molecule has 1 saturated heterocycles. The number of benzene rings is 2. The van der Waals surface area contributed by atoms with Gasteiger partial charge in [0.2, 0.25) is 5.91 Å². The van der Waals surface area contributed by atoms with Gasteiger partial charge in [-0.1, -0.05) is 48.5 Å². The predicted octanol–water partition coefficient (Wildman–Crippen LogP) is 1.81. The van der Waals surface area contributed by atoms with Gasteiger partial charge in [0.15, 0.2) is 0 Å². The van der Waals surface area contributed by atoms with E-state index in [0.717, 1.165) is 5.56 Å². The van der Waals surface area contributed by atoms with Crippen LogP contribution in [0.1, 0.15) is 17.0 Å². The predicted molar refractivity (Wildman–Crippen MR) is 87.8 cm³/mol. The van der Waals surface area contributed by atoms with Crippen LogP contribution in [-0.4, -0.2) is 24.6 Å². The Hall–Kier alpha value is -3.02. The molecule has 3 rings (SSSR count). The number of hydrogen-bond donors (Lipinski definition) is 2. The van der Waals surface area contributed by atoms with Crippen LogP contribution >= 0.6 is 0 Å². The van der Waals surface area contributed by atoms with E-state index in [0.29, 0.717) is 6.54 Å². The number of hydrazone groups is 1. The second-order valence-electron chi connectivity index (χ2n) is 5.50. The fraction of sp³-hybridized carbons (Fsp3) is 0.167. The number of halogens is 1. The maximum atomic E-state index is 13.5. The van der Waals surface area contributed by atoms with E-state index in [1.165, 1.54) is 12.3 Å². The van der Waals surface area contributed by atoms with E-state index in [-0.39, 0.29) is 17.4 Å². The molecule has 1 aliphatic rings. The molecule has 0 bridgehead atoms. The first-order chi connectivity index (χ1) is 11.7. The molecule has 0 spiro atoms. The van der Waals surface area contributed by atoms with E-state index in [9.17, 15) is 14.0 Å².